The second-order valence-electron chi connectivity index (χ2n) is 7.91. The van der Waals surface area contributed by atoms with Gasteiger partial charge in [-0.25, -0.2) is 0 Å². The summed E-state index contributed by atoms with van der Waals surface area (Å²) in [6.45, 7) is 2.07. The first-order valence-electron chi connectivity index (χ1n) is 10.8. The largest absolute Gasteiger partial charge is 0.486 e. The molecule has 4 nitrogen and oxygen atoms in total. The molecule has 1 fully saturated rings. The second kappa shape index (κ2) is 9.98. The van der Waals surface area contributed by atoms with Crippen molar-refractivity contribution in [1.29, 1.82) is 0 Å². The number of ether oxygens (including phenoxy) is 1. The van der Waals surface area contributed by atoms with E-state index in [0.717, 1.165) is 30.9 Å². The van der Waals surface area contributed by atoms with Gasteiger partial charge in [0, 0.05) is 24.3 Å². The van der Waals surface area contributed by atoms with Gasteiger partial charge in [0.05, 0.1) is 5.56 Å². The third kappa shape index (κ3) is 6.06. The van der Waals surface area contributed by atoms with Crippen molar-refractivity contribution in [2.45, 2.75) is 32.0 Å². The first kappa shape index (κ1) is 22.7. The Bertz CT molecular complexity index is 1110. The van der Waals surface area contributed by atoms with Crippen LogP contribution in [0, 0.1) is 0 Å². The Morgan fingerprint density at radius 2 is 1.76 bits per heavy atom. The van der Waals surface area contributed by atoms with E-state index < -0.39 is 11.7 Å². The lowest BCUT2D eigenvalue weighted by atomic mass is 10.1. The molecule has 0 radical (unpaired) electrons. The van der Waals surface area contributed by atoms with Crippen molar-refractivity contribution in [1.82, 2.24) is 0 Å². The zero-order valence-corrected chi connectivity index (χ0v) is 18.0. The fourth-order valence-corrected chi connectivity index (χ4v) is 3.72. The highest BCUT2D eigenvalue weighted by atomic mass is 19.4. The molecule has 0 atom stereocenters. The van der Waals surface area contributed by atoms with Gasteiger partial charge in [0.25, 0.3) is 0 Å². The van der Waals surface area contributed by atoms with Crippen molar-refractivity contribution >= 4 is 17.5 Å². The van der Waals surface area contributed by atoms with Gasteiger partial charge in [0.2, 0.25) is 0 Å². The number of rotatable bonds is 7. The number of hydrogen-bond donors (Lipinski definition) is 0. The molecule has 33 heavy (non-hydrogen) atoms. The molecule has 0 N–H and O–H groups in total. The molecule has 0 unspecified atom stereocenters. The van der Waals surface area contributed by atoms with Gasteiger partial charge in [0.1, 0.15) is 23.9 Å². The molecule has 2 heterocycles. The van der Waals surface area contributed by atoms with E-state index in [1.165, 1.54) is 37.5 Å². The standard InChI is InChI=1S/C26H24F3NO3/c27-26(28,29)20-5-4-6-23(17-20)32-18-24-12-11-22(33-24)13-14-25(31)19-7-9-21(10-8-19)30-15-2-1-3-16-30/h4-14,17H,1-3,15-16,18H2/b14-13+. The summed E-state index contributed by atoms with van der Waals surface area (Å²) in [5, 5.41) is 0. The van der Waals surface area contributed by atoms with Crippen LogP contribution in [0.5, 0.6) is 5.75 Å². The third-order valence-electron chi connectivity index (χ3n) is 5.50. The zero-order valence-electron chi connectivity index (χ0n) is 18.0. The Morgan fingerprint density at radius 1 is 1.00 bits per heavy atom. The molecule has 0 amide bonds. The van der Waals surface area contributed by atoms with Crippen LogP contribution in [0.25, 0.3) is 6.08 Å². The fourth-order valence-electron chi connectivity index (χ4n) is 3.72. The van der Waals surface area contributed by atoms with Crippen LogP contribution in [0.3, 0.4) is 0 Å². The van der Waals surface area contributed by atoms with E-state index in [0.29, 0.717) is 17.1 Å². The van der Waals surface area contributed by atoms with Gasteiger partial charge in [-0.3, -0.25) is 4.79 Å². The minimum Gasteiger partial charge on any atom is -0.486 e. The number of allylic oxidation sites excluding steroid dienone is 1. The van der Waals surface area contributed by atoms with Crippen molar-refractivity contribution in [3.05, 3.63) is 89.4 Å². The Labute approximate surface area is 190 Å². The van der Waals surface area contributed by atoms with E-state index in [9.17, 15) is 18.0 Å². The first-order valence-corrected chi connectivity index (χ1v) is 10.8. The number of carbonyl (C=O) groups is 1. The monoisotopic (exact) mass is 455 g/mol. The zero-order chi connectivity index (χ0) is 23.3. The molecule has 1 saturated heterocycles. The van der Waals surface area contributed by atoms with Gasteiger partial charge < -0.3 is 14.1 Å². The highest BCUT2D eigenvalue weighted by Crippen LogP contribution is 2.31. The highest BCUT2D eigenvalue weighted by Gasteiger charge is 2.30. The molecule has 0 spiro atoms. The van der Waals surface area contributed by atoms with Gasteiger partial charge in [-0.15, -0.1) is 0 Å². The van der Waals surface area contributed by atoms with Crippen LogP contribution in [0.2, 0.25) is 0 Å². The quantitative estimate of drug-likeness (QED) is 0.291. The number of carbonyl (C=O) groups excluding carboxylic acids is 1. The Kier molecular flexibility index (Phi) is 6.87. The average Bonchev–Trinajstić information content (AvgIpc) is 3.29. The maximum absolute atomic E-state index is 12.8. The summed E-state index contributed by atoms with van der Waals surface area (Å²) in [5.74, 6) is 0.848. The van der Waals surface area contributed by atoms with Crippen molar-refractivity contribution in [2.75, 3.05) is 18.0 Å². The summed E-state index contributed by atoms with van der Waals surface area (Å²) in [4.78, 5) is 14.8. The van der Waals surface area contributed by atoms with Gasteiger partial charge in [0.15, 0.2) is 5.78 Å². The Morgan fingerprint density at radius 3 is 2.48 bits per heavy atom. The summed E-state index contributed by atoms with van der Waals surface area (Å²) < 4.78 is 49.4. The minimum absolute atomic E-state index is 0.0267. The summed E-state index contributed by atoms with van der Waals surface area (Å²) in [7, 11) is 0. The predicted molar refractivity (Wildman–Crippen MR) is 120 cm³/mol. The van der Waals surface area contributed by atoms with Crippen molar-refractivity contribution < 1.29 is 27.1 Å². The number of ketones is 1. The molecule has 2 aromatic carbocycles. The molecule has 0 aliphatic carbocycles. The van der Waals surface area contributed by atoms with Crippen molar-refractivity contribution in [3.63, 3.8) is 0 Å². The van der Waals surface area contributed by atoms with Crippen molar-refractivity contribution in [3.8, 4) is 5.75 Å². The number of halogens is 3. The van der Waals surface area contributed by atoms with Crippen LogP contribution in [-0.2, 0) is 12.8 Å². The smallest absolute Gasteiger partial charge is 0.416 e. The molecular formula is C26H24F3NO3. The lowest BCUT2D eigenvalue weighted by Gasteiger charge is -2.28. The minimum atomic E-state index is -4.43. The van der Waals surface area contributed by atoms with Crippen LogP contribution < -0.4 is 9.64 Å². The van der Waals surface area contributed by atoms with Crippen LogP contribution in [0.1, 0.15) is 46.7 Å². The molecule has 1 aliphatic heterocycles. The number of alkyl halides is 3. The van der Waals surface area contributed by atoms with Gasteiger partial charge >= 0.3 is 6.18 Å². The number of furan rings is 1. The Hall–Kier alpha value is -3.48. The van der Waals surface area contributed by atoms with E-state index in [4.69, 9.17) is 9.15 Å². The number of benzene rings is 2. The summed E-state index contributed by atoms with van der Waals surface area (Å²) in [6.07, 6.45) is 2.23. The highest BCUT2D eigenvalue weighted by molar-refractivity contribution is 6.06. The lowest BCUT2D eigenvalue weighted by Crippen LogP contribution is -2.29. The molecule has 0 bridgehead atoms. The molecule has 172 valence electrons. The van der Waals surface area contributed by atoms with Crippen LogP contribution in [0.15, 0.2) is 71.2 Å². The normalized spacial score (nSPS) is 14.6. The van der Waals surface area contributed by atoms with E-state index in [1.54, 1.807) is 18.2 Å². The first-order chi connectivity index (χ1) is 15.9. The molecular weight excluding hydrogens is 431 g/mol. The van der Waals surface area contributed by atoms with Crippen LogP contribution in [0.4, 0.5) is 18.9 Å². The summed E-state index contributed by atoms with van der Waals surface area (Å²) >= 11 is 0. The summed E-state index contributed by atoms with van der Waals surface area (Å²) in [5.41, 5.74) is 0.948. The molecule has 4 rings (SSSR count). The number of anilines is 1. The molecule has 1 aliphatic rings. The topological polar surface area (TPSA) is 42.7 Å². The van der Waals surface area contributed by atoms with Gasteiger partial charge in [-0.2, -0.15) is 13.2 Å². The average molecular weight is 455 g/mol. The van der Waals surface area contributed by atoms with E-state index >= 15 is 0 Å². The van der Waals surface area contributed by atoms with Crippen LogP contribution >= 0.6 is 0 Å². The molecule has 3 aromatic rings. The van der Waals surface area contributed by atoms with Gasteiger partial charge in [-0.05, 0) is 86.0 Å². The summed E-state index contributed by atoms with van der Waals surface area (Å²) in [6, 6.07) is 15.6. The number of nitrogens with zero attached hydrogens (tertiary/aromatic N) is 1. The number of piperidine rings is 1. The number of hydrogen-bond acceptors (Lipinski definition) is 4. The SMILES string of the molecule is O=C(/C=C/c1ccc(COc2cccc(C(F)(F)F)c2)o1)c1ccc(N2CCCCC2)cc1. The molecule has 1 aromatic heterocycles. The maximum Gasteiger partial charge on any atom is 0.416 e. The fraction of sp³-hybridized carbons (Fsp3) is 0.269. The Balaban J connectivity index is 1.32. The second-order valence-corrected chi connectivity index (χ2v) is 7.91. The van der Waals surface area contributed by atoms with E-state index in [-0.39, 0.29) is 18.1 Å². The van der Waals surface area contributed by atoms with E-state index in [2.05, 4.69) is 4.90 Å². The van der Waals surface area contributed by atoms with Crippen molar-refractivity contribution in [2.24, 2.45) is 0 Å². The molecule has 0 saturated carbocycles. The predicted octanol–water partition coefficient (Wildman–Crippen LogP) is 6.76. The molecule has 7 heteroatoms. The van der Waals surface area contributed by atoms with E-state index in [1.807, 2.05) is 24.3 Å². The lowest BCUT2D eigenvalue weighted by molar-refractivity contribution is -0.137. The third-order valence-corrected chi connectivity index (χ3v) is 5.50. The maximum atomic E-state index is 12.8. The van der Waals surface area contributed by atoms with Gasteiger partial charge in [-0.1, -0.05) is 6.07 Å². The van der Waals surface area contributed by atoms with Crippen LogP contribution in [-0.4, -0.2) is 18.9 Å².